The lowest BCUT2D eigenvalue weighted by molar-refractivity contribution is -0.115. The van der Waals surface area contributed by atoms with Crippen molar-refractivity contribution in [3.63, 3.8) is 0 Å². The predicted octanol–water partition coefficient (Wildman–Crippen LogP) is 2.71. The van der Waals surface area contributed by atoms with E-state index in [2.05, 4.69) is 16.0 Å². The van der Waals surface area contributed by atoms with E-state index in [-0.39, 0.29) is 18.4 Å². The first-order valence-corrected chi connectivity index (χ1v) is 7.65. The molecular formula is C18H21N3O4. The first-order chi connectivity index (χ1) is 12.0. The molecule has 2 aromatic rings. The van der Waals surface area contributed by atoms with Crippen molar-refractivity contribution in [2.75, 3.05) is 36.7 Å². The Hall–Kier alpha value is -3.22. The minimum atomic E-state index is -0.225. The lowest BCUT2D eigenvalue weighted by atomic mass is 10.2. The van der Waals surface area contributed by atoms with Gasteiger partial charge < -0.3 is 25.4 Å². The summed E-state index contributed by atoms with van der Waals surface area (Å²) in [6, 6.07) is 12.2. The van der Waals surface area contributed by atoms with Crippen LogP contribution in [0.15, 0.2) is 42.5 Å². The number of hydrogen-bond donors (Lipinski definition) is 3. The second-order valence-electron chi connectivity index (χ2n) is 5.23. The fourth-order valence-corrected chi connectivity index (χ4v) is 2.16. The molecule has 2 amide bonds. The third-order valence-electron chi connectivity index (χ3n) is 3.34. The van der Waals surface area contributed by atoms with E-state index < -0.39 is 0 Å². The van der Waals surface area contributed by atoms with Crippen molar-refractivity contribution in [3.05, 3.63) is 42.5 Å². The third kappa shape index (κ3) is 5.42. The molecule has 0 radical (unpaired) electrons. The molecule has 0 aliphatic heterocycles. The first-order valence-electron chi connectivity index (χ1n) is 7.65. The van der Waals surface area contributed by atoms with Gasteiger partial charge in [0.25, 0.3) is 0 Å². The molecule has 0 aliphatic rings. The number of benzene rings is 2. The van der Waals surface area contributed by atoms with Crippen LogP contribution in [0.5, 0.6) is 11.5 Å². The monoisotopic (exact) mass is 343 g/mol. The maximum atomic E-state index is 12.1. The van der Waals surface area contributed by atoms with Gasteiger partial charge in [-0.15, -0.1) is 0 Å². The maximum Gasteiger partial charge on any atom is 0.243 e. The Balaban J connectivity index is 1.93. The molecule has 0 unspecified atom stereocenters. The summed E-state index contributed by atoms with van der Waals surface area (Å²) in [4.78, 5) is 23.1. The molecule has 0 spiro atoms. The molecule has 0 saturated heterocycles. The summed E-state index contributed by atoms with van der Waals surface area (Å²) in [5.74, 6) is 0.816. The highest BCUT2D eigenvalue weighted by Crippen LogP contribution is 2.28. The summed E-state index contributed by atoms with van der Waals surface area (Å²) < 4.78 is 10.4. The average molecular weight is 343 g/mol. The average Bonchev–Trinajstić information content (AvgIpc) is 2.60. The van der Waals surface area contributed by atoms with Gasteiger partial charge in [0.15, 0.2) is 0 Å². The Morgan fingerprint density at radius 1 is 0.920 bits per heavy atom. The van der Waals surface area contributed by atoms with Crippen molar-refractivity contribution < 1.29 is 19.1 Å². The maximum absolute atomic E-state index is 12.1. The predicted molar refractivity (Wildman–Crippen MR) is 97.4 cm³/mol. The quantitative estimate of drug-likeness (QED) is 0.719. The largest absolute Gasteiger partial charge is 0.497 e. The number of anilines is 3. The van der Waals surface area contributed by atoms with Crippen molar-refractivity contribution >= 4 is 28.9 Å². The summed E-state index contributed by atoms with van der Waals surface area (Å²) >= 11 is 0. The number of rotatable bonds is 7. The topological polar surface area (TPSA) is 88.7 Å². The fourth-order valence-electron chi connectivity index (χ4n) is 2.16. The third-order valence-corrected chi connectivity index (χ3v) is 3.34. The van der Waals surface area contributed by atoms with Gasteiger partial charge in [-0.25, -0.2) is 0 Å². The van der Waals surface area contributed by atoms with Crippen molar-refractivity contribution in [2.45, 2.75) is 6.92 Å². The van der Waals surface area contributed by atoms with Crippen LogP contribution in [0.4, 0.5) is 17.1 Å². The molecule has 0 fully saturated rings. The number of carbonyl (C=O) groups excluding carboxylic acids is 2. The van der Waals surface area contributed by atoms with Crippen LogP contribution in [0.1, 0.15) is 6.92 Å². The van der Waals surface area contributed by atoms with E-state index in [1.54, 1.807) is 49.6 Å². The molecule has 0 atom stereocenters. The number of hydrogen-bond acceptors (Lipinski definition) is 5. The Bertz CT molecular complexity index is 744. The summed E-state index contributed by atoms with van der Waals surface area (Å²) in [7, 11) is 3.09. The van der Waals surface area contributed by atoms with Gasteiger partial charge in [0, 0.05) is 24.4 Å². The lowest BCUT2D eigenvalue weighted by Gasteiger charge is -2.12. The second-order valence-corrected chi connectivity index (χ2v) is 5.23. The van der Waals surface area contributed by atoms with Gasteiger partial charge in [0.1, 0.15) is 11.5 Å². The number of methoxy groups -OCH3 is 2. The van der Waals surface area contributed by atoms with Gasteiger partial charge >= 0.3 is 0 Å². The molecule has 0 bridgehead atoms. The van der Waals surface area contributed by atoms with E-state index in [1.807, 2.05) is 0 Å². The number of nitrogens with one attached hydrogen (secondary N) is 3. The molecule has 2 rings (SSSR count). The molecule has 0 saturated carbocycles. The molecule has 25 heavy (non-hydrogen) atoms. The second kappa shape index (κ2) is 8.58. The molecule has 0 aromatic heterocycles. The highest BCUT2D eigenvalue weighted by molar-refractivity contribution is 5.95. The molecule has 0 heterocycles. The van der Waals surface area contributed by atoms with Gasteiger partial charge in [0.05, 0.1) is 26.5 Å². The summed E-state index contributed by atoms with van der Waals surface area (Å²) in [5.41, 5.74) is 2.00. The lowest BCUT2D eigenvalue weighted by Crippen LogP contribution is -2.22. The standard InChI is InChI=1S/C18H21N3O4/c1-12(22)20-14-6-4-13(5-7-14)19-11-18(23)21-16-10-15(24-2)8-9-17(16)25-3/h4-10,19H,11H2,1-3H3,(H,20,22)(H,21,23). The SMILES string of the molecule is COc1ccc(OC)c(NC(=O)CNc2ccc(NC(C)=O)cc2)c1. The van der Waals surface area contributed by atoms with Crippen molar-refractivity contribution in [1.82, 2.24) is 0 Å². The Morgan fingerprint density at radius 3 is 2.20 bits per heavy atom. The summed E-state index contributed by atoms with van der Waals surface area (Å²) in [5, 5.41) is 8.48. The van der Waals surface area contributed by atoms with Crippen LogP contribution in [0.3, 0.4) is 0 Å². The molecule has 2 aromatic carbocycles. The molecular weight excluding hydrogens is 322 g/mol. The summed E-state index contributed by atoms with van der Waals surface area (Å²) in [6.07, 6.45) is 0. The van der Waals surface area contributed by atoms with Gasteiger partial charge in [-0.05, 0) is 36.4 Å². The number of ether oxygens (including phenoxy) is 2. The summed E-state index contributed by atoms with van der Waals surface area (Å²) in [6.45, 7) is 1.53. The van der Waals surface area contributed by atoms with Crippen LogP contribution in [-0.4, -0.2) is 32.6 Å². The zero-order valence-corrected chi connectivity index (χ0v) is 14.4. The Labute approximate surface area is 146 Å². The van der Waals surface area contributed by atoms with Crippen molar-refractivity contribution in [1.29, 1.82) is 0 Å². The zero-order chi connectivity index (χ0) is 18.2. The van der Waals surface area contributed by atoms with E-state index in [1.165, 1.54) is 14.0 Å². The first kappa shape index (κ1) is 18.1. The van der Waals surface area contributed by atoms with Crippen molar-refractivity contribution in [3.8, 4) is 11.5 Å². The normalized spacial score (nSPS) is 9.88. The molecule has 7 heteroatoms. The molecule has 0 aliphatic carbocycles. The smallest absolute Gasteiger partial charge is 0.243 e. The van der Waals surface area contributed by atoms with Crippen LogP contribution in [0.2, 0.25) is 0 Å². The van der Waals surface area contributed by atoms with Gasteiger partial charge in [-0.3, -0.25) is 9.59 Å². The van der Waals surface area contributed by atoms with Crippen LogP contribution >= 0.6 is 0 Å². The van der Waals surface area contributed by atoms with Crippen LogP contribution in [-0.2, 0) is 9.59 Å². The minimum absolute atomic E-state index is 0.0832. The van der Waals surface area contributed by atoms with E-state index in [0.29, 0.717) is 22.9 Å². The van der Waals surface area contributed by atoms with Crippen LogP contribution in [0.25, 0.3) is 0 Å². The zero-order valence-electron chi connectivity index (χ0n) is 14.4. The van der Waals surface area contributed by atoms with Gasteiger partial charge in [-0.1, -0.05) is 0 Å². The fraction of sp³-hybridized carbons (Fsp3) is 0.222. The molecule has 132 valence electrons. The van der Waals surface area contributed by atoms with E-state index in [4.69, 9.17) is 9.47 Å². The Kier molecular flexibility index (Phi) is 6.22. The van der Waals surface area contributed by atoms with Gasteiger partial charge in [0.2, 0.25) is 11.8 Å². The van der Waals surface area contributed by atoms with Crippen LogP contribution in [0, 0.1) is 0 Å². The highest BCUT2D eigenvalue weighted by atomic mass is 16.5. The Morgan fingerprint density at radius 2 is 1.60 bits per heavy atom. The number of amides is 2. The van der Waals surface area contributed by atoms with E-state index in [0.717, 1.165) is 5.69 Å². The minimum Gasteiger partial charge on any atom is -0.497 e. The highest BCUT2D eigenvalue weighted by Gasteiger charge is 2.09. The van der Waals surface area contributed by atoms with Gasteiger partial charge in [-0.2, -0.15) is 0 Å². The van der Waals surface area contributed by atoms with E-state index >= 15 is 0 Å². The van der Waals surface area contributed by atoms with E-state index in [9.17, 15) is 9.59 Å². The number of carbonyl (C=O) groups is 2. The molecule has 7 nitrogen and oxygen atoms in total. The van der Waals surface area contributed by atoms with Crippen LogP contribution < -0.4 is 25.4 Å². The van der Waals surface area contributed by atoms with Crippen molar-refractivity contribution in [2.24, 2.45) is 0 Å². The molecule has 3 N–H and O–H groups in total.